The fourth-order valence-electron chi connectivity index (χ4n) is 3.57. The van der Waals surface area contributed by atoms with Crippen molar-refractivity contribution in [3.8, 4) is 17.1 Å². The van der Waals surface area contributed by atoms with Gasteiger partial charge in [-0.1, -0.05) is 12.1 Å². The van der Waals surface area contributed by atoms with Gasteiger partial charge >= 0.3 is 0 Å². The molecule has 0 aliphatic carbocycles. The Morgan fingerprint density at radius 2 is 1.86 bits per heavy atom. The highest BCUT2D eigenvalue weighted by atomic mass is 16.5. The minimum Gasteiger partial charge on any atom is -0.494 e. The van der Waals surface area contributed by atoms with Crippen LogP contribution >= 0.6 is 0 Å². The van der Waals surface area contributed by atoms with Crippen molar-refractivity contribution in [3.63, 3.8) is 0 Å². The molecule has 0 saturated carbocycles. The van der Waals surface area contributed by atoms with E-state index in [2.05, 4.69) is 31.3 Å². The summed E-state index contributed by atoms with van der Waals surface area (Å²) in [6, 6.07) is 12.0. The summed E-state index contributed by atoms with van der Waals surface area (Å²) in [7, 11) is 0. The molecule has 4 rings (SSSR count). The number of nitrogens with zero attached hydrogens (tertiary/aromatic N) is 5. The third-order valence-corrected chi connectivity index (χ3v) is 5.40. The van der Waals surface area contributed by atoms with Crippen LogP contribution in [0.25, 0.3) is 11.4 Å². The van der Waals surface area contributed by atoms with Gasteiger partial charge < -0.3 is 14.2 Å². The molecule has 0 radical (unpaired) electrons. The zero-order valence-electron chi connectivity index (χ0n) is 17.0. The summed E-state index contributed by atoms with van der Waals surface area (Å²) in [4.78, 5) is 6.68. The van der Waals surface area contributed by atoms with Crippen molar-refractivity contribution in [1.29, 1.82) is 0 Å². The minimum absolute atomic E-state index is 0.624. The molecule has 1 aliphatic rings. The second-order valence-corrected chi connectivity index (χ2v) is 7.49. The summed E-state index contributed by atoms with van der Waals surface area (Å²) in [5.41, 5.74) is 1.89. The normalized spacial score (nSPS) is 14.9. The molecule has 3 aromatic rings. The van der Waals surface area contributed by atoms with E-state index in [4.69, 9.17) is 9.26 Å². The topological polar surface area (TPSA) is 77.2 Å². The molecule has 29 heavy (non-hydrogen) atoms. The maximum Gasteiger partial charge on any atom is 0.226 e. The molecule has 1 fully saturated rings. The number of aromatic nitrogens is 4. The van der Waals surface area contributed by atoms with Crippen molar-refractivity contribution in [2.45, 2.75) is 39.5 Å². The van der Waals surface area contributed by atoms with Crippen molar-refractivity contribution < 1.29 is 9.26 Å². The van der Waals surface area contributed by atoms with E-state index in [-0.39, 0.29) is 0 Å². The second kappa shape index (κ2) is 9.03. The first-order chi connectivity index (χ1) is 14.2. The summed E-state index contributed by atoms with van der Waals surface area (Å²) in [5, 5.41) is 12.5. The van der Waals surface area contributed by atoms with E-state index < -0.39 is 0 Å². The Balaban J connectivity index is 1.21. The van der Waals surface area contributed by atoms with Crippen molar-refractivity contribution in [2.75, 3.05) is 24.6 Å². The molecule has 3 heterocycles. The Bertz CT molecular complexity index is 900. The molecule has 2 aromatic heterocycles. The fourth-order valence-corrected chi connectivity index (χ4v) is 3.57. The number of hydrogen-bond acceptors (Lipinski definition) is 7. The average Bonchev–Trinajstić information content (AvgIpc) is 3.25. The molecule has 1 aliphatic heterocycles. The molecule has 1 aromatic carbocycles. The highest BCUT2D eigenvalue weighted by molar-refractivity contribution is 5.55. The van der Waals surface area contributed by atoms with Gasteiger partial charge in [0.2, 0.25) is 11.7 Å². The lowest BCUT2D eigenvalue weighted by molar-refractivity contribution is 0.258. The zero-order valence-corrected chi connectivity index (χ0v) is 17.0. The SMILES string of the molecule is CCc1nc(-c2ccc(OCCC3CCN(c4ccc(C)nn4)CC3)cc2)no1. The molecule has 0 amide bonds. The Labute approximate surface area is 171 Å². The summed E-state index contributed by atoms with van der Waals surface area (Å²) < 4.78 is 11.1. The third-order valence-electron chi connectivity index (χ3n) is 5.40. The Kier molecular flexibility index (Phi) is 6.03. The monoisotopic (exact) mass is 393 g/mol. The smallest absolute Gasteiger partial charge is 0.226 e. The van der Waals surface area contributed by atoms with Crippen LogP contribution in [0.3, 0.4) is 0 Å². The first-order valence-electron chi connectivity index (χ1n) is 10.3. The van der Waals surface area contributed by atoms with Gasteiger partial charge in [0.15, 0.2) is 5.82 Å². The largest absolute Gasteiger partial charge is 0.494 e. The predicted molar refractivity (Wildman–Crippen MR) is 111 cm³/mol. The average molecular weight is 393 g/mol. The first kappa shape index (κ1) is 19.4. The van der Waals surface area contributed by atoms with Crippen LogP contribution in [-0.2, 0) is 6.42 Å². The lowest BCUT2D eigenvalue weighted by Gasteiger charge is -2.32. The highest BCUT2D eigenvalue weighted by Crippen LogP contribution is 2.25. The lowest BCUT2D eigenvalue weighted by atomic mass is 9.94. The molecule has 0 bridgehead atoms. The maximum atomic E-state index is 5.95. The number of ether oxygens (including phenoxy) is 1. The minimum atomic E-state index is 0.624. The van der Waals surface area contributed by atoms with Crippen molar-refractivity contribution in [3.05, 3.63) is 48.0 Å². The number of aryl methyl sites for hydroxylation is 2. The van der Waals surface area contributed by atoms with E-state index in [0.717, 1.165) is 68.2 Å². The molecule has 0 atom stereocenters. The predicted octanol–water partition coefficient (Wildman–Crippen LogP) is 4.08. The summed E-state index contributed by atoms with van der Waals surface area (Å²) in [6.45, 7) is 6.75. The van der Waals surface area contributed by atoms with Gasteiger partial charge in [0.1, 0.15) is 5.75 Å². The summed E-state index contributed by atoms with van der Waals surface area (Å²) in [5.74, 6) is 3.83. The molecular weight excluding hydrogens is 366 g/mol. The van der Waals surface area contributed by atoms with Crippen LogP contribution in [0.1, 0.15) is 37.8 Å². The van der Waals surface area contributed by atoms with Gasteiger partial charge in [-0.3, -0.25) is 0 Å². The van der Waals surface area contributed by atoms with Gasteiger partial charge in [0.25, 0.3) is 0 Å². The van der Waals surface area contributed by atoms with Crippen molar-refractivity contribution in [2.24, 2.45) is 5.92 Å². The van der Waals surface area contributed by atoms with E-state index in [0.29, 0.717) is 17.6 Å². The lowest BCUT2D eigenvalue weighted by Crippen LogP contribution is -2.34. The van der Waals surface area contributed by atoms with E-state index in [1.807, 2.05) is 44.2 Å². The summed E-state index contributed by atoms with van der Waals surface area (Å²) in [6.07, 6.45) is 4.14. The quantitative estimate of drug-likeness (QED) is 0.598. The Morgan fingerprint density at radius 1 is 1.07 bits per heavy atom. The van der Waals surface area contributed by atoms with Crippen molar-refractivity contribution >= 4 is 5.82 Å². The molecule has 7 heteroatoms. The molecule has 0 N–H and O–H groups in total. The van der Waals surface area contributed by atoms with Gasteiger partial charge in [-0.2, -0.15) is 10.1 Å². The second-order valence-electron chi connectivity index (χ2n) is 7.49. The summed E-state index contributed by atoms with van der Waals surface area (Å²) >= 11 is 0. The fraction of sp³-hybridized carbons (Fsp3) is 0.455. The highest BCUT2D eigenvalue weighted by Gasteiger charge is 2.20. The molecular formula is C22H27N5O2. The van der Waals surface area contributed by atoms with Gasteiger partial charge in [-0.05, 0) is 68.5 Å². The number of benzene rings is 1. The van der Waals surface area contributed by atoms with Crippen LogP contribution in [0.2, 0.25) is 0 Å². The van der Waals surface area contributed by atoms with Crippen LogP contribution in [0.5, 0.6) is 5.75 Å². The van der Waals surface area contributed by atoms with E-state index in [9.17, 15) is 0 Å². The van der Waals surface area contributed by atoms with E-state index >= 15 is 0 Å². The molecule has 0 spiro atoms. The van der Waals surface area contributed by atoms with Crippen LogP contribution in [0.4, 0.5) is 5.82 Å². The van der Waals surface area contributed by atoms with E-state index in [1.165, 1.54) is 0 Å². The standard InChI is InChI=1S/C22H27N5O2/c1-3-21-23-22(26-29-21)18-5-7-19(8-6-18)28-15-12-17-10-13-27(14-11-17)20-9-4-16(2)24-25-20/h4-9,17H,3,10-15H2,1-2H3. The van der Waals surface area contributed by atoms with Crippen molar-refractivity contribution in [1.82, 2.24) is 20.3 Å². The molecule has 1 saturated heterocycles. The van der Waals surface area contributed by atoms with Gasteiger partial charge in [-0.25, -0.2) is 0 Å². The van der Waals surface area contributed by atoms with Crippen LogP contribution in [0, 0.1) is 12.8 Å². The number of piperidine rings is 1. The molecule has 0 unspecified atom stereocenters. The van der Waals surface area contributed by atoms with Crippen LogP contribution < -0.4 is 9.64 Å². The van der Waals surface area contributed by atoms with Crippen LogP contribution in [0.15, 0.2) is 40.9 Å². The number of rotatable bonds is 7. The molecule has 152 valence electrons. The van der Waals surface area contributed by atoms with Gasteiger partial charge in [0.05, 0.1) is 12.3 Å². The third kappa shape index (κ3) is 4.91. The number of anilines is 1. The van der Waals surface area contributed by atoms with E-state index in [1.54, 1.807) is 0 Å². The Hall–Kier alpha value is -2.96. The van der Waals surface area contributed by atoms with Gasteiger partial charge in [0, 0.05) is 25.1 Å². The van der Waals surface area contributed by atoms with Gasteiger partial charge in [-0.15, -0.1) is 5.10 Å². The Morgan fingerprint density at radius 3 is 2.52 bits per heavy atom. The van der Waals surface area contributed by atoms with Crippen LogP contribution in [-0.4, -0.2) is 40.0 Å². The molecule has 7 nitrogen and oxygen atoms in total. The first-order valence-corrected chi connectivity index (χ1v) is 10.3. The zero-order chi connectivity index (χ0) is 20.1. The maximum absolute atomic E-state index is 5.95. The number of hydrogen-bond donors (Lipinski definition) is 0.